The van der Waals surface area contributed by atoms with Crippen LogP contribution in [-0.2, 0) is 17.8 Å². The first-order valence-electron chi connectivity index (χ1n) is 9.93. The van der Waals surface area contributed by atoms with Crippen molar-refractivity contribution in [3.05, 3.63) is 88.9 Å². The number of nitrogens with one attached hydrogen (secondary N) is 3. The van der Waals surface area contributed by atoms with E-state index in [0.717, 1.165) is 16.9 Å². The molecule has 3 amide bonds. The molecule has 3 aromatic carbocycles. The average Bonchev–Trinajstić information content (AvgIpc) is 2.76. The first-order chi connectivity index (χ1) is 15.0. The van der Waals surface area contributed by atoms with Gasteiger partial charge in [-0.2, -0.15) is 0 Å². The van der Waals surface area contributed by atoms with Crippen LogP contribution < -0.4 is 20.7 Å². The van der Waals surface area contributed by atoms with E-state index in [1.807, 2.05) is 55.5 Å². The Bertz CT molecular complexity index is 1040. The molecule has 6 nitrogen and oxygen atoms in total. The van der Waals surface area contributed by atoms with Crippen molar-refractivity contribution in [2.45, 2.75) is 19.9 Å². The van der Waals surface area contributed by atoms with E-state index in [1.54, 1.807) is 24.3 Å². The summed E-state index contributed by atoms with van der Waals surface area (Å²) in [5, 5.41) is 8.84. The number of carbonyl (C=O) groups excluding carboxylic acids is 2. The van der Waals surface area contributed by atoms with Crippen LogP contribution in [0.3, 0.4) is 0 Å². The number of rotatable bonds is 8. The summed E-state index contributed by atoms with van der Waals surface area (Å²) in [5.41, 5.74) is 2.96. The number of ether oxygens (including phenoxy) is 1. The monoisotopic (exact) mass is 437 g/mol. The molecule has 0 saturated heterocycles. The van der Waals surface area contributed by atoms with Gasteiger partial charge in [0, 0.05) is 12.2 Å². The van der Waals surface area contributed by atoms with E-state index >= 15 is 0 Å². The summed E-state index contributed by atoms with van der Waals surface area (Å²) in [6.07, 6.45) is 0.259. The molecule has 3 N–H and O–H groups in total. The third-order valence-corrected chi connectivity index (χ3v) is 4.71. The second kappa shape index (κ2) is 11.0. The number of halogens is 1. The number of carbonyl (C=O) groups is 2. The summed E-state index contributed by atoms with van der Waals surface area (Å²) >= 11 is 6.05. The van der Waals surface area contributed by atoms with Gasteiger partial charge < -0.3 is 20.7 Å². The fourth-order valence-corrected chi connectivity index (χ4v) is 3.11. The molecule has 31 heavy (non-hydrogen) atoms. The normalized spacial score (nSPS) is 10.3. The van der Waals surface area contributed by atoms with Crippen molar-refractivity contribution in [3.8, 4) is 5.75 Å². The lowest BCUT2D eigenvalue weighted by Crippen LogP contribution is -2.28. The van der Waals surface area contributed by atoms with Gasteiger partial charge in [-0.3, -0.25) is 4.79 Å². The van der Waals surface area contributed by atoms with Crippen molar-refractivity contribution < 1.29 is 14.3 Å². The number of benzene rings is 3. The van der Waals surface area contributed by atoms with E-state index in [-0.39, 0.29) is 18.4 Å². The minimum absolute atomic E-state index is 0.120. The number of hydrogen-bond acceptors (Lipinski definition) is 3. The Balaban J connectivity index is 1.50. The summed E-state index contributed by atoms with van der Waals surface area (Å²) in [4.78, 5) is 24.5. The van der Waals surface area contributed by atoms with Crippen molar-refractivity contribution in [1.29, 1.82) is 0 Å². The fraction of sp³-hybridized carbons (Fsp3) is 0.167. The molecule has 0 atom stereocenters. The van der Waals surface area contributed by atoms with Gasteiger partial charge in [0.1, 0.15) is 5.75 Å². The van der Waals surface area contributed by atoms with Gasteiger partial charge in [0.25, 0.3) is 0 Å². The van der Waals surface area contributed by atoms with E-state index in [2.05, 4.69) is 16.0 Å². The lowest BCUT2D eigenvalue weighted by atomic mass is 10.1. The molecule has 0 radical (unpaired) electrons. The van der Waals surface area contributed by atoms with Crippen molar-refractivity contribution >= 4 is 34.9 Å². The lowest BCUT2D eigenvalue weighted by Gasteiger charge is -2.11. The first kappa shape index (κ1) is 22.2. The molecule has 0 unspecified atom stereocenters. The van der Waals surface area contributed by atoms with Crippen LogP contribution in [0, 0.1) is 0 Å². The van der Waals surface area contributed by atoms with Crippen LogP contribution in [0.2, 0.25) is 5.02 Å². The number of amides is 3. The zero-order valence-electron chi connectivity index (χ0n) is 17.2. The third kappa shape index (κ3) is 7.04. The Kier molecular flexibility index (Phi) is 7.90. The molecule has 3 aromatic rings. The SMILES string of the molecule is CCOc1ccc(CC(=O)Nc2cccc(CNC(=O)Nc3ccccc3Cl)c2)cc1. The standard InChI is InChI=1S/C24H24ClN3O3/c1-2-31-20-12-10-17(11-13-20)15-23(29)27-19-7-5-6-18(14-19)16-26-24(30)28-22-9-4-3-8-21(22)25/h3-14H,2,15-16H2,1H3,(H,27,29)(H2,26,28,30). The fourth-order valence-electron chi connectivity index (χ4n) is 2.93. The number of para-hydroxylation sites is 1. The van der Waals surface area contributed by atoms with Gasteiger partial charge in [-0.05, 0) is 54.4 Å². The zero-order chi connectivity index (χ0) is 22.1. The van der Waals surface area contributed by atoms with Gasteiger partial charge in [-0.1, -0.05) is 48.0 Å². The minimum Gasteiger partial charge on any atom is -0.494 e. The molecule has 0 fully saturated rings. The Hall–Kier alpha value is -3.51. The van der Waals surface area contributed by atoms with Gasteiger partial charge in [-0.15, -0.1) is 0 Å². The third-order valence-electron chi connectivity index (χ3n) is 4.38. The van der Waals surface area contributed by atoms with Crippen molar-refractivity contribution in [1.82, 2.24) is 5.32 Å². The zero-order valence-corrected chi connectivity index (χ0v) is 17.9. The second-order valence-electron chi connectivity index (χ2n) is 6.79. The Morgan fingerprint density at radius 3 is 2.42 bits per heavy atom. The van der Waals surface area contributed by atoms with Crippen LogP contribution in [0.5, 0.6) is 5.75 Å². The Labute approximate surface area is 186 Å². The van der Waals surface area contributed by atoms with Crippen molar-refractivity contribution in [3.63, 3.8) is 0 Å². The van der Waals surface area contributed by atoms with Gasteiger partial charge >= 0.3 is 6.03 Å². The molecule has 0 aliphatic heterocycles. The maximum atomic E-state index is 12.4. The molecule has 7 heteroatoms. The summed E-state index contributed by atoms with van der Waals surface area (Å²) in [6.45, 7) is 2.84. The van der Waals surface area contributed by atoms with Gasteiger partial charge in [0.15, 0.2) is 0 Å². The number of anilines is 2. The number of urea groups is 1. The highest BCUT2D eigenvalue weighted by molar-refractivity contribution is 6.33. The molecule has 0 bridgehead atoms. The largest absolute Gasteiger partial charge is 0.494 e. The van der Waals surface area contributed by atoms with Gasteiger partial charge in [0.2, 0.25) is 5.91 Å². The molecule has 0 saturated carbocycles. The van der Waals surface area contributed by atoms with Crippen molar-refractivity contribution in [2.24, 2.45) is 0 Å². The van der Waals surface area contributed by atoms with Crippen molar-refractivity contribution in [2.75, 3.05) is 17.2 Å². The predicted molar refractivity (Wildman–Crippen MR) is 124 cm³/mol. The van der Waals surface area contributed by atoms with Crippen LogP contribution >= 0.6 is 11.6 Å². The maximum absolute atomic E-state index is 12.4. The summed E-state index contributed by atoms with van der Waals surface area (Å²) in [7, 11) is 0. The quantitative estimate of drug-likeness (QED) is 0.450. The highest BCUT2D eigenvalue weighted by Gasteiger charge is 2.07. The predicted octanol–water partition coefficient (Wildman–Crippen LogP) is 5.24. The molecule has 0 heterocycles. The highest BCUT2D eigenvalue weighted by atomic mass is 35.5. The highest BCUT2D eigenvalue weighted by Crippen LogP contribution is 2.20. The van der Waals surface area contributed by atoms with E-state index in [0.29, 0.717) is 29.5 Å². The van der Waals surface area contributed by atoms with E-state index < -0.39 is 0 Å². The summed E-state index contributed by atoms with van der Waals surface area (Å²) < 4.78 is 5.41. The second-order valence-corrected chi connectivity index (χ2v) is 7.20. The minimum atomic E-state index is -0.363. The van der Waals surface area contributed by atoms with Crippen LogP contribution in [0.25, 0.3) is 0 Å². The molecule has 3 rings (SSSR count). The summed E-state index contributed by atoms with van der Waals surface area (Å²) in [5.74, 6) is 0.663. The molecule has 0 aliphatic rings. The lowest BCUT2D eigenvalue weighted by molar-refractivity contribution is -0.115. The van der Waals surface area contributed by atoms with Crippen LogP contribution in [-0.4, -0.2) is 18.5 Å². The summed E-state index contributed by atoms with van der Waals surface area (Å²) in [6, 6.07) is 21.4. The van der Waals surface area contributed by atoms with Crippen LogP contribution in [0.4, 0.5) is 16.2 Å². The van der Waals surface area contributed by atoms with Gasteiger partial charge in [-0.25, -0.2) is 4.79 Å². The van der Waals surface area contributed by atoms with Gasteiger partial charge in [0.05, 0.1) is 23.7 Å². The smallest absolute Gasteiger partial charge is 0.319 e. The van der Waals surface area contributed by atoms with E-state index in [1.165, 1.54) is 0 Å². The first-order valence-corrected chi connectivity index (χ1v) is 10.3. The van der Waals surface area contributed by atoms with Crippen LogP contribution in [0.1, 0.15) is 18.1 Å². The Morgan fingerprint density at radius 1 is 0.903 bits per heavy atom. The maximum Gasteiger partial charge on any atom is 0.319 e. The molecule has 0 aliphatic carbocycles. The number of hydrogen-bond donors (Lipinski definition) is 3. The molecular weight excluding hydrogens is 414 g/mol. The molecule has 0 spiro atoms. The average molecular weight is 438 g/mol. The van der Waals surface area contributed by atoms with E-state index in [4.69, 9.17) is 16.3 Å². The molecule has 0 aromatic heterocycles. The van der Waals surface area contributed by atoms with Crippen LogP contribution in [0.15, 0.2) is 72.8 Å². The van der Waals surface area contributed by atoms with E-state index in [9.17, 15) is 9.59 Å². The topological polar surface area (TPSA) is 79.5 Å². The molecule has 160 valence electrons. The Morgan fingerprint density at radius 2 is 1.68 bits per heavy atom. The molecular formula is C24H24ClN3O3.